The molecule has 0 atom stereocenters. The van der Waals surface area contributed by atoms with Gasteiger partial charge in [-0.25, -0.2) is 0 Å². The van der Waals surface area contributed by atoms with Gasteiger partial charge in [0.25, 0.3) is 0 Å². The van der Waals surface area contributed by atoms with Gasteiger partial charge in [0, 0.05) is 18.9 Å². The first-order chi connectivity index (χ1) is 6.26. The molecule has 0 aliphatic carbocycles. The lowest BCUT2D eigenvalue weighted by molar-refractivity contribution is -0.143. The highest BCUT2D eigenvalue weighted by Gasteiger charge is 2.02. The number of ether oxygens (including phenoxy) is 1. The fraction of sp³-hybridized carbons (Fsp3) is 0.444. The van der Waals surface area contributed by atoms with Crippen molar-refractivity contribution in [2.24, 2.45) is 5.73 Å². The summed E-state index contributed by atoms with van der Waals surface area (Å²) < 4.78 is 6.56. The average molecular weight is 182 g/mol. The fourth-order valence-electron chi connectivity index (χ4n) is 1.07. The Morgan fingerprint density at radius 3 is 3.00 bits per heavy atom. The number of esters is 1. The number of carbonyl (C=O) groups excluding carboxylic acids is 1. The van der Waals surface area contributed by atoms with E-state index in [1.165, 1.54) is 0 Å². The van der Waals surface area contributed by atoms with Crippen LogP contribution < -0.4 is 5.73 Å². The lowest BCUT2D eigenvalue weighted by Gasteiger charge is -2.01. The molecule has 13 heavy (non-hydrogen) atoms. The van der Waals surface area contributed by atoms with Crippen LogP contribution >= 0.6 is 0 Å². The molecule has 2 N–H and O–H groups in total. The minimum atomic E-state index is -0.221. The Morgan fingerprint density at radius 2 is 2.46 bits per heavy atom. The summed E-state index contributed by atoms with van der Waals surface area (Å²) in [5, 5.41) is 0. The summed E-state index contributed by atoms with van der Waals surface area (Å²) in [5.41, 5.74) is 6.44. The van der Waals surface area contributed by atoms with E-state index in [9.17, 15) is 4.79 Å². The Bertz CT molecular complexity index is 281. The third-order valence-electron chi connectivity index (χ3n) is 1.66. The molecule has 72 valence electrons. The van der Waals surface area contributed by atoms with Gasteiger partial charge in [0.05, 0.1) is 6.61 Å². The van der Waals surface area contributed by atoms with Gasteiger partial charge in [0.2, 0.25) is 0 Å². The van der Waals surface area contributed by atoms with E-state index in [4.69, 9.17) is 10.5 Å². The minimum absolute atomic E-state index is 0.221. The van der Waals surface area contributed by atoms with E-state index in [0.29, 0.717) is 13.2 Å². The first-order valence-electron chi connectivity index (χ1n) is 4.26. The third kappa shape index (κ3) is 2.91. The molecule has 1 rings (SSSR count). The number of hydrogen-bond acceptors (Lipinski definition) is 3. The topological polar surface area (TPSA) is 57.2 Å². The zero-order valence-corrected chi connectivity index (χ0v) is 7.69. The Morgan fingerprint density at radius 1 is 1.69 bits per heavy atom. The van der Waals surface area contributed by atoms with Crippen molar-refractivity contribution in [2.45, 2.75) is 20.0 Å². The standard InChI is InChI=1S/C9H14N2O2/c1-2-13-9(12)7-11-4-3-8(5-10)6-11/h3-4,6H,2,5,7,10H2,1H3. The number of nitrogens with two attached hydrogens (primary N) is 1. The molecule has 0 spiro atoms. The van der Waals surface area contributed by atoms with E-state index in [0.717, 1.165) is 5.56 Å². The van der Waals surface area contributed by atoms with Crippen molar-refractivity contribution >= 4 is 5.97 Å². The van der Waals surface area contributed by atoms with Crippen LogP contribution in [0.5, 0.6) is 0 Å². The first-order valence-corrected chi connectivity index (χ1v) is 4.26. The molecule has 0 bridgehead atoms. The predicted octanol–water partition coefficient (Wildman–Crippen LogP) is 0.510. The average Bonchev–Trinajstić information content (AvgIpc) is 2.52. The summed E-state index contributed by atoms with van der Waals surface area (Å²) in [6.45, 7) is 2.96. The molecule has 4 nitrogen and oxygen atoms in total. The van der Waals surface area contributed by atoms with Crippen LogP contribution in [0.15, 0.2) is 18.5 Å². The maximum atomic E-state index is 11.0. The van der Waals surface area contributed by atoms with Gasteiger partial charge in [-0.15, -0.1) is 0 Å². The molecule has 4 heteroatoms. The van der Waals surface area contributed by atoms with Crippen molar-refractivity contribution in [1.82, 2.24) is 4.57 Å². The van der Waals surface area contributed by atoms with Crippen LogP contribution in [0, 0.1) is 0 Å². The van der Waals surface area contributed by atoms with Gasteiger partial charge in [-0.1, -0.05) is 0 Å². The summed E-state index contributed by atoms with van der Waals surface area (Å²) in [4.78, 5) is 11.0. The normalized spacial score (nSPS) is 10.0. The first kappa shape index (κ1) is 9.80. The molecule has 1 heterocycles. The van der Waals surface area contributed by atoms with Crippen LogP contribution in [0.3, 0.4) is 0 Å². The van der Waals surface area contributed by atoms with Crippen molar-refractivity contribution in [2.75, 3.05) is 6.61 Å². The van der Waals surface area contributed by atoms with Crippen molar-refractivity contribution in [1.29, 1.82) is 0 Å². The number of rotatable bonds is 4. The maximum Gasteiger partial charge on any atom is 0.325 e. The largest absolute Gasteiger partial charge is 0.465 e. The van der Waals surface area contributed by atoms with Crippen LogP contribution in [0.4, 0.5) is 0 Å². The number of carbonyl (C=O) groups is 1. The molecule has 0 aliphatic heterocycles. The van der Waals surface area contributed by atoms with Gasteiger partial charge in [-0.2, -0.15) is 0 Å². The lowest BCUT2D eigenvalue weighted by Crippen LogP contribution is -2.11. The fourth-order valence-corrected chi connectivity index (χ4v) is 1.07. The van der Waals surface area contributed by atoms with Crippen LogP contribution in [0.1, 0.15) is 12.5 Å². The molecule has 0 amide bonds. The second kappa shape index (κ2) is 4.67. The summed E-state index contributed by atoms with van der Waals surface area (Å²) in [6.07, 6.45) is 3.66. The molecular formula is C9H14N2O2. The quantitative estimate of drug-likeness (QED) is 0.690. The van der Waals surface area contributed by atoms with Crippen molar-refractivity contribution < 1.29 is 9.53 Å². The summed E-state index contributed by atoms with van der Waals surface area (Å²) in [7, 11) is 0. The molecule has 0 saturated heterocycles. The SMILES string of the molecule is CCOC(=O)Cn1ccc(CN)c1. The second-order valence-corrected chi connectivity index (χ2v) is 2.70. The summed E-state index contributed by atoms with van der Waals surface area (Å²) in [6, 6.07) is 1.89. The monoisotopic (exact) mass is 182 g/mol. The van der Waals surface area contributed by atoms with Gasteiger partial charge in [0.1, 0.15) is 6.54 Å². The number of aromatic nitrogens is 1. The van der Waals surface area contributed by atoms with Gasteiger partial charge in [-0.05, 0) is 18.6 Å². The third-order valence-corrected chi connectivity index (χ3v) is 1.66. The maximum absolute atomic E-state index is 11.0. The number of nitrogens with zero attached hydrogens (tertiary/aromatic N) is 1. The van der Waals surface area contributed by atoms with Crippen molar-refractivity contribution in [3.8, 4) is 0 Å². The Kier molecular flexibility index (Phi) is 3.52. The lowest BCUT2D eigenvalue weighted by atomic mass is 10.3. The van der Waals surface area contributed by atoms with Gasteiger partial charge in [-0.3, -0.25) is 4.79 Å². The molecule has 1 aromatic rings. The van der Waals surface area contributed by atoms with E-state index in [1.54, 1.807) is 11.5 Å². The highest BCUT2D eigenvalue weighted by molar-refractivity contribution is 5.69. The minimum Gasteiger partial charge on any atom is -0.465 e. The van der Waals surface area contributed by atoms with Crippen molar-refractivity contribution in [3.63, 3.8) is 0 Å². The van der Waals surface area contributed by atoms with Crippen LogP contribution in [0.2, 0.25) is 0 Å². The molecular weight excluding hydrogens is 168 g/mol. The molecule has 0 unspecified atom stereocenters. The van der Waals surface area contributed by atoms with E-state index >= 15 is 0 Å². The van der Waals surface area contributed by atoms with Gasteiger partial charge >= 0.3 is 5.97 Å². The van der Waals surface area contributed by atoms with Crippen LogP contribution in [0.25, 0.3) is 0 Å². The van der Waals surface area contributed by atoms with E-state index in [1.807, 2.05) is 18.5 Å². The van der Waals surface area contributed by atoms with Gasteiger partial charge < -0.3 is 15.0 Å². The molecule has 0 saturated carbocycles. The van der Waals surface area contributed by atoms with E-state index in [2.05, 4.69) is 0 Å². The highest BCUT2D eigenvalue weighted by atomic mass is 16.5. The zero-order chi connectivity index (χ0) is 9.68. The van der Waals surface area contributed by atoms with Crippen molar-refractivity contribution in [3.05, 3.63) is 24.0 Å². The second-order valence-electron chi connectivity index (χ2n) is 2.70. The Hall–Kier alpha value is -1.29. The molecule has 1 aromatic heterocycles. The summed E-state index contributed by atoms with van der Waals surface area (Å²) in [5.74, 6) is -0.221. The summed E-state index contributed by atoms with van der Waals surface area (Å²) >= 11 is 0. The van der Waals surface area contributed by atoms with Crippen LogP contribution in [-0.4, -0.2) is 17.1 Å². The smallest absolute Gasteiger partial charge is 0.325 e. The Balaban J connectivity index is 2.49. The molecule has 0 aliphatic rings. The van der Waals surface area contributed by atoms with Crippen LogP contribution in [-0.2, 0) is 22.6 Å². The van der Waals surface area contributed by atoms with E-state index in [-0.39, 0.29) is 12.5 Å². The molecule has 0 aromatic carbocycles. The van der Waals surface area contributed by atoms with E-state index < -0.39 is 0 Å². The zero-order valence-electron chi connectivity index (χ0n) is 7.69. The highest BCUT2D eigenvalue weighted by Crippen LogP contribution is 1.99. The number of hydrogen-bond donors (Lipinski definition) is 1. The predicted molar refractivity (Wildman–Crippen MR) is 49.0 cm³/mol. The van der Waals surface area contributed by atoms with Gasteiger partial charge in [0.15, 0.2) is 0 Å². The molecule has 0 radical (unpaired) electrons. The Labute approximate surface area is 77.3 Å². The molecule has 0 fully saturated rings.